The van der Waals surface area contributed by atoms with Gasteiger partial charge >= 0.3 is 6.09 Å². The number of alkyl carbamates (subject to hydrolysis) is 1. The maximum atomic E-state index is 11.6. The van der Waals surface area contributed by atoms with E-state index >= 15 is 0 Å². The molecule has 6 nitrogen and oxygen atoms in total. The van der Waals surface area contributed by atoms with Crippen LogP contribution in [0.4, 0.5) is 4.79 Å². The third-order valence-corrected chi connectivity index (χ3v) is 3.33. The molecule has 1 aliphatic rings. The minimum absolute atomic E-state index is 0.377. The highest BCUT2D eigenvalue weighted by atomic mass is 16.6. The fourth-order valence-electron chi connectivity index (χ4n) is 2.33. The van der Waals surface area contributed by atoms with Crippen LogP contribution in [0.1, 0.15) is 32.9 Å². The number of carbonyl (C=O) groups excluding carboxylic acids is 1. The van der Waals surface area contributed by atoms with Crippen molar-refractivity contribution in [3.05, 3.63) is 18.2 Å². The summed E-state index contributed by atoms with van der Waals surface area (Å²) < 4.78 is 12.8. The second-order valence-electron chi connectivity index (χ2n) is 6.45. The molecule has 118 valence electrons. The number of nitrogens with one attached hydrogen (secondary N) is 1. The van der Waals surface area contributed by atoms with E-state index in [4.69, 9.17) is 9.47 Å². The summed E-state index contributed by atoms with van der Waals surface area (Å²) in [7, 11) is 0. The molecule has 0 saturated carbocycles. The first-order valence-electron chi connectivity index (χ1n) is 7.47. The Labute approximate surface area is 125 Å². The highest BCUT2D eigenvalue weighted by Gasteiger charge is 2.18. The van der Waals surface area contributed by atoms with Gasteiger partial charge in [0.15, 0.2) is 0 Å². The molecule has 1 aromatic heterocycles. The van der Waals surface area contributed by atoms with Crippen LogP contribution in [0.3, 0.4) is 0 Å². The van der Waals surface area contributed by atoms with Gasteiger partial charge in [-0.05, 0) is 27.2 Å². The zero-order valence-electron chi connectivity index (χ0n) is 13.1. The van der Waals surface area contributed by atoms with Gasteiger partial charge in [0, 0.05) is 43.9 Å². The Hall–Kier alpha value is -1.56. The molecule has 0 spiro atoms. The van der Waals surface area contributed by atoms with Gasteiger partial charge in [-0.2, -0.15) is 0 Å². The largest absolute Gasteiger partial charge is 0.444 e. The van der Waals surface area contributed by atoms with E-state index in [1.807, 2.05) is 33.3 Å². The van der Waals surface area contributed by atoms with Crippen LogP contribution in [0.15, 0.2) is 12.5 Å². The molecule has 1 saturated heterocycles. The Balaban J connectivity index is 1.76. The van der Waals surface area contributed by atoms with Crippen molar-refractivity contribution in [3.63, 3.8) is 0 Å². The van der Waals surface area contributed by atoms with Crippen LogP contribution >= 0.6 is 0 Å². The monoisotopic (exact) mass is 295 g/mol. The molecule has 0 bridgehead atoms. The van der Waals surface area contributed by atoms with E-state index in [-0.39, 0.29) is 6.09 Å². The van der Waals surface area contributed by atoms with Crippen LogP contribution in [0.2, 0.25) is 0 Å². The van der Waals surface area contributed by atoms with Gasteiger partial charge in [-0.25, -0.2) is 9.78 Å². The van der Waals surface area contributed by atoms with Crippen LogP contribution in [0.5, 0.6) is 0 Å². The van der Waals surface area contributed by atoms with Gasteiger partial charge in [-0.1, -0.05) is 0 Å². The molecule has 1 unspecified atom stereocenters. The fourth-order valence-corrected chi connectivity index (χ4v) is 2.33. The number of nitrogens with zero attached hydrogens (tertiary/aromatic N) is 2. The van der Waals surface area contributed by atoms with Gasteiger partial charge in [0.1, 0.15) is 5.60 Å². The van der Waals surface area contributed by atoms with Crippen molar-refractivity contribution in [1.82, 2.24) is 14.9 Å². The lowest BCUT2D eigenvalue weighted by Gasteiger charge is -2.19. The van der Waals surface area contributed by atoms with Gasteiger partial charge in [-0.15, -0.1) is 0 Å². The molecule has 1 N–H and O–H groups in total. The smallest absolute Gasteiger partial charge is 0.407 e. The van der Waals surface area contributed by atoms with Crippen LogP contribution in [0.25, 0.3) is 0 Å². The number of hydrogen-bond donors (Lipinski definition) is 1. The zero-order chi connectivity index (χ0) is 15.3. The SMILES string of the molecule is CC(C)(C)OC(=O)NCCc1cncn1CC1CCOC1. The van der Waals surface area contributed by atoms with Crippen molar-refractivity contribution < 1.29 is 14.3 Å². The molecular weight excluding hydrogens is 270 g/mol. The van der Waals surface area contributed by atoms with E-state index < -0.39 is 5.60 Å². The second-order valence-corrected chi connectivity index (χ2v) is 6.45. The second kappa shape index (κ2) is 6.93. The topological polar surface area (TPSA) is 65.4 Å². The number of aromatic nitrogens is 2. The van der Waals surface area contributed by atoms with Crippen LogP contribution in [0, 0.1) is 5.92 Å². The molecule has 1 aromatic rings. The lowest BCUT2D eigenvalue weighted by atomic mass is 10.1. The zero-order valence-corrected chi connectivity index (χ0v) is 13.1. The Morgan fingerprint density at radius 3 is 3.05 bits per heavy atom. The van der Waals surface area contributed by atoms with Crippen molar-refractivity contribution in [1.29, 1.82) is 0 Å². The Bertz CT molecular complexity index is 459. The maximum absolute atomic E-state index is 11.6. The molecular formula is C15H25N3O3. The molecule has 2 rings (SSSR count). The first-order valence-corrected chi connectivity index (χ1v) is 7.47. The molecule has 0 radical (unpaired) electrons. The van der Waals surface area contributed by atoms with E-state index in [0.29, 0.717) is 12.5 Å². The molecule has 2 heterocycles. The molecule has 1 fully saturated rings. The summed E-state index contributed by atoms with van der Waals surface area (Å²) in [6.45, 7) is 8.72. The number of rotatable bonds is 5. The summed E-state index contributed by atoms with van der Waals surface area (Å²) in [6, 6.07) is 0. The summed E-state index contributed by atoms with van der Waals surface area (Å²) in [6.07, 6.45) is 5.17. The lowest BCUT2D eigenvalue weighted by molar-refractivity contribution is 0.0528. The van der Waals surface area contributed by atoms with Gasteiger partial charge < -0.3 is 19.4 Å². The average molecular weight is 295 g/mol. The number of amides is 1. The normalized spacial score (nSPS) is 18.7. The quantitative estimate of drug-likeness (QED) is 0.902. The number of hydrogen-bond acceptors (Lipinski definition) is 4. The standard InChI is InChI=1S/C15H25N3O3/c1-15(2,3)21-14(19)17-6-4-13-8-16-11-18(13)9-12-5-7-20-10-12/h8,11-12H,4-7,9-10H2,1-3H3,(H,17,19). The van der Waals surface area contributed by atoms with Crippen LogP contribution in [-0.4, -0.2) is 41.0 Å². The Morgan fingerprint density at radius 1 is 1.57 bits per heavy atom. The van der Waals surface area contributed by atoms with Crippen molar-refractivity contribution >= 4 is 6.09 Å². The van der Waals surface area contributed by atoms with E-state index in [0.717, 1.165) is 38.3 Å². The molecule has 1 aliphatic heterocycles. The summed E-state index contributed by atoms with van der Waals surface area (Å²) in [5.74, 6) is 0.566. The molecule has 0 aromatic carbocycles. The van der Waals surface area contributed by atoms with Gasteiger partial charge in [0.25, 0.3) is 0 Å². The average Bonchev–Trinajstić information content (AvgIpc) is 3.00. The first-order chi connectivity index (χ1) is 9.94. The van der Waals surface area contributed by atoms with Crippen molar-refractivity contribution in [3.8, 4) is 0 Å². The Morgan fingerprint density at radius 2 is 2.38 bits per heavy atom. The van der Waals surface area contributed by atoms with E-state index in [2.05, 4.69) is 14.9 Å². The van der Waals surface area contributed by atoms with Gasteiger partial charge in [0.05, 0.1) is 12.9 Å². The van der Waals surface area contributed by atoms with Crippen molar-refractivity contribution in [2.75, 3.05) is 19.8 Å². The predicted octanol–water partition coefficient (Wildman–Crippen LogP) is 1.99. The van der Waals surface area contributed by atoms with Crippen LogP contribution < -0.4 is 5.32 Å². The molecule has 21 heavy (non-hydrogen) atoms. The van der Waals surface area contributed by atoms with E-state index in [1.54, 1.807) is 0 Å². The number of imidazole rings is 1. The summed E-state index contributed by atoms with van der Waals surface area (Å²) in [5, 5.41) is 2.77. The minimum atomic E-state index is -0.464. The first kappa shape index (κ1) is 15.8. The third kappa shape index (κ3) is 5.38. The highest BCUT2D eigenvalue weighted by molar-refractivity contribution is 5.67. The van der Waals surface area contributed by atoms with Crippen molar-refractivity contribution in [2.24, 2.45) is 5.92 Å². The maximum Gasteiger partial charge on any atom is 0.407 e. The number of ether oxygens (including phenoxy) is 2. The molecule has 0 aliphatic carbocycles. The van der Waals surface area contributed by atoms with E-state index in [9.17, 15) is 4.79 Å². The van der Waals surface area contributed by atoms with E-state index in [1.165, 1.54) is 0 Å². The minimum Gasteiger partial charge on any atom is -0.444 e. The fraction of sp³-hybridized carbons (Fsp3) is 0.733. The van der Waals surface area contributed by atoms with Gasteiger partial charge in [-0.3, -0.25) is 0 Å². The molecule has 1 atom stereocenters. The molecule has 1 amide bonds. The van der Waals surface area contributed by atoms with Gasteiger partial charge in [0.2, 0.25) is 0 Å². The lowest BCUT2D eigenvalue weighted by Crippen LogP contribution is -2.33. The summed E-state index contributed by atoms with van der Waals surface area (Å²) in [4.78, 5) is 15.8. The van der Waals surface area contributed by atoms with Crippen LogP contribution in [-0.2, 0) is 22.4 Å². The Kier molecular flexibility index (Phi) is 5.22. The highest BCUT2D eigenvalue weighted by Crippen LogP contribution is 2.16. The van der Waals surface area contributed by atoms with Crippen molar-refractivity contribution in [2.45, 2.75) is 45.8 Å². The third-order valence-electron chi connectivity index (χ3n) is 3.33. The molecule has 6 heteroatoms. The summed E-state index contributed by atoms with van der Waals surface area (Å²) >= 11 is 0. The predicted molar refractivity (Wildman–Crippen MR) is 79.1 cm³/mol. The summed E-state index contributed by atoms with van der Waals surface area (Å²) in [5.41, 5.74) is 0.659. The number of carbonyl (C=O) groups is 1.